The first-order valence-electron chi connectivity index (χ1n) is 11.0. The number of nitrogens with zero attached hydrogens (tertiary/aromatic N) is 3. The Morgan fingerprint density at radius 1 is 1.09 bits per heavy atom. The Bertz CT molecular complexity index is 1210. The van der Waals surface area contributed by atoms with E-state index in [1.165, 1.54) is 0 Å². The van der Waals surface area contributed by atoms with Crippen LogP contribution in [0.2, 0.25) is 0 Å². The van der Waals surface area contributed by atoms with Crippen molar-refractivity contribution < 1.29 is 9.53 Å². The Morgan fingerprint density at radius 3 is 2.72 bits per heavy atom. The number of carbonyl (C=O) groups is 1. The highest BCUT2D eigenvalue weighted by Gasteiger charge is 2.26. The number of H-pyrrole nitrogens is 1. The summed E-state index contributed by atoms with van der Waals surface area (Å²) < 4.78 is 5.14. The number of fused-ring (bicyclic) bond motifs is 2. The van der Waals surface area contributed by atoms with E-state index < -0.39 is 0 Å². The van der Waals surface area contributed by atoms with Gasteiger partial charge in [-0.1, -0.05) is 0 Å². The summed E-state index contributed by atoms with van der Waals surface area (Å²) in [5.41, 5.74) is 3.51. The standard InChI is InChI=1S/C24H26N6O2/c1-32-22-11-9-19-20(29-22)8-10-21(28-19)30-24(31)15-4-6-17(7-5-15)26-14-18-13-16-3-2-12-25-23(16)27-18/h2-3,8-13,15,17,26H,4-7,14H2,1H3,(H,25,27)(H,28,30,31). The molecule has 164 valence electrons. The lowest BCUT2D eigenvalue weighted by atomic mass is 9.85. The van der Waals surface area contributed by atoms with Crippen LogP contribution in [0.4, 0.5) is 5.82 Å². The van der Waals surface area contributed by atoms with Crippen LogP contribution in [0.25, 0.3) is 22.1 Å². The Kier molecular flexibility index (Phi) is 5.68. The van der Waals surface area contributed by atoms with Crippen LogP contribution >= 0.6 is 0 Å². The Labute approximate surface area is 185 Å². The smallest absolute Gasteiger partial charge is 0.228 e. The van der Waals surface area contributed by atoms with E-state index in [4.69, 9.17) is 4.74 Å². The molecule has 3 N–H and O–H groups in total. The van der Waals surface area contributed by atoms with Gasteiger partial charge in [0.1, 0.15) is 11.5 Å². The molecule has 0 unspecified atom stereocenters. The Morgan fingerprint density at radius 2 is 1.91 bits per heavy atom. The predicted octanol–water partition coefficient (Wildman–Crippen LogP) is 3.80. The molecule has 8 nitrogen and oxygen atoms in total. The number of carbonyl (C=O) groups excluding carboxylic acids is 1. The molecule has 4 heterocycles. The highest BCUT2D eigenvalue weighted by Crippen LogP contribution is 2.26. The molecule has 32 heavy (non-hydrogen) atoms. The number of aromatic amines is 1. The number of nitrogens with one attached hydrogen (secondary N) is 3. The quantitative estimate of drug-likeness (QED) is 0.430. The van der Waals surface area contributed by atoms with Gasteiger partial charge in [0.2, 0.25) is 11.8 Å². The molecule has 0 aromatic carbocycles. The number of anilines is 1. The van der Waals surface area contributed by atoms with E-state index in [1.807, 2.05) is 18.2 Å². The first kappa shape index (κ1) is 20.4. The predicted molar refractivity (Wildman–Crippen MR) is 123 cm³/mol. The number of hydrogen-bond donors (Lipinski definition) is 3. The van der Waals surface area contributed by atoms with E-state index in [1.54, 1.807) is 25.4 Å². The summed E-state index contributed by atoms with van der Waals surface area (Å²) in [6, 6.07) is 13.8. The summed E-state index contributed by atoms with van der Waals surface area (Å²) in [4.78, 5) is 29.3. The minimum Gasteiger partial charge on any atom is -0.481 e. The minimum atomic E-state index is 0.0109. The van der Waals surface area contributed by atoms with Gasteiger partial charge >= 0.3 is 0 Å². The fourth-order valence-electron chi connectivity index (χ4n) is 4.33. The highest BCUT2D eigenvalue weighted by molar-refractivity contribution is 5.92. The second-order valence-corrected chi connectivity index (χ2v) is 8.24. The van der Waals surface area contributed by atoms with E-state index in [0.717, 1.165) is 60.0 Å². The molecule has 0 spiro atoms. The average molecular weight is 431 g/mol. The van der Waals surface area contributed by atoms with Gasteiger partial charge in [0, 0.05) is 41.8 Å². The van der Waals surface area contributed by atoms with Crippen molar-refractivity contribution in [3.05, 3.63) is 54.4 Å². The largest absolute Gasteiger partial charge is 0.481 e. The zero-order valence-corrected chi connectivity index (χ0v) is 18.0. The van der Waals surface area contributed by atoms with Crippen LogP contribution in [-0.2, 0) is 11.3 Å². The van der Waals surface area contributed by atoms with Crippen LogP contribution < -0.4 is 15.4 Å². The van der Waals surface area contributed by atoms with E-state index in [2.05, 4.69) is 42.7 Å². The van der Waals surface area contributed by atoms with Crippen molar-refractivity contribution in [3.8, 4) is 5.88 Å². The number of ether oxygens (including phenoxy) is 1. The van der Waals surface area contributed by atoms with Crippen LogP contribution in [0.5, 0.6) is 5.88 Å². The van der Waals surface area contributed by atoms with Crippen molar-refractivity contribution in [2.75, 3.05) is 12.4 Å². The molecule has 0 radical (unpaired) electrons. The molecule has 1 saturated carbocycles. The van der Waals surface area contributed by atoms with Gasteiger partial charge in [-0.2, -0.15) is 0 Å². The van der Waals surface area contributed by atoms with E-state index in [9.17, 15) is 4.79 Å². The third-order valence-electron chi connectivity index (χ3n) is 6.10. The third kappa shape index (κ3) is 4.40. The van der Waals surface area contributed by atoms with Crippen LogP contribution in [0.15, 0.2) is 48.7 Å². The van der Waals surface area contributed by atoms with Crippen molar-refractivity contribution >= 4 is 33.8 Å². The number of hydrogen-bond acceptors (Lipinski definition) is 6. The molecular formula is C24H26N6O2. The lowest BCUT2D eigenvalue weighted by Gasteiger charge is -2.28. The molecule has 1 aliphatic rings. The monoisotopic (exact) mass is 430 g/mol. The summed E-state index contributed by atoms with van der Waals surface area (Å²) in [5.74, 6) is 1.15. The third-order valence-corrected chi connectivity index (χ3v) is 6.10. The molecule has 1 aliphatic carbocycles. The zero-order valence-electron chi connectivity index (χ0n) is 18.0. The Hall–Kier alpha value is -3.52. The van der Waals surface area contributed by atoms with Gasteiger partial charge in [-0.3, -0.25) is 4.79 Å². The summed E-state index contributed by atoms with van der Waals surface area (Å²) >= 11 is 0. The normalized spacial score (nSPS) is 18.7. The summed E-state index contributed by atoms with van der Waals surface area (Å²) in [5, 5.41) is 7.72. The zero-order chi connectivity index (χ0) is 21.9. The van der Waals surface area contributed by atoms with Crippen molar-refractivity contribution in [1.82, 2.24) is 25.3 Å². The van der Waals surface area contributed by atoms with E-state index >= 15 is 0 Å². The second kappa shape index (κ2) is 8.92. The van der Waals surface area contributed by atoms with Gasteiger partial charge in [0.15, 0.2) is 0 Å². The molecule has 8 heteroatoms. The van der Waals surface area contributed by atoms with Gasteiger partial charge in [0.25, 0.3) is 0 Å². The molecule has 0 aliphatic heterocycles. The SMILES string of the molecule is COc1ccc2nc(NC(=O)C3CCC(NCc4cc5cccnc5[nH]4)CC3)ccc2n1. The molecule has 4 aromatic heterocycles. The van der Waals surface area contributed by atoms with Crippen molar-refractivity contribution in [1.29, 1.82) is 0 Å². The number of pyridine rings is 3. The van der Waals surface area contributed by atoms with Crippen molar-refractivity contribution in [2.45, 2.75) is 38.3 Å². The topological polar surface area (TPSA) is 105 Å². The fraction of sp³-hybridized carbons (Fsp3) is 0.333. The molecule has 1 fully saturated rings. The van der Waals surface area contributed by atoms with Crippen LogP contribution in [0.1, 0.15) is 31.4 Å². The number of methoxy groups -OCH3 is 1. The fourth-order valence-corrected chi connectivity index (χ4v) is 4.33. The lowest BCUT2D eigenvalue weighted by Crippen LogP contribution is -2.36. The summed E-state index contributed by atoms with van der Waals surface area (Å²) in [6.45, 7) is 0.776. The minimum absolute atomic E-state index is 0.0109. The lowest BCUT2D eigenvalue weighted by molar-refractivity contribution is -0.120. The maximum absolute atomic E-state index is 12.8. The number of rotatable bonds is 6. The summed E-state index contributed by atoms with van der Waals surface area (Å²) in [7, 11) is 1.58. The van der Waals surface area contributed by atoms with Gasteiger partial charge in [-0.25, -0.2) is 15.0 Å². The van der Waals surface area contributed by atoms with E-state index in [0.29, 0.717) is 17.7 Å². The molecule has 0 saturated heterocycles. The average Bonchev–Trinajstić information content (AvgIpc) is 3.26. The highest BCUT2D eigenvalue weighted by atomic mass is 16.5. The van der Waals surface area contributed by atoms with Gasteiger partial charge < -0.3 is 20.4 Å². The maximum Gasteiger partial charge on any atom is 0.228 e. The first-order valence-corrected chi connectivity index (χ1v) is 11.0. The molecule has 4 aromatic rings. The molecular weight excluding hydrogens is 404 g/mol. The van der Waals surface area contributed by atoms with Crippen molar-refractivity contribution in [3.63, 3.8) is 0 Å². The number of aromatic nitrogens is 4. The maximum atomic E-state index is 12.8. The molecule has 0 atom stereocenters. The van der Waals surface area contributed by atoms with Gasteiger partial charge in [-0.15, -0.1) is 0 Å². The van der Waals surface area contributed by atoms with Crippen molar-refractivity contribution in [2.24, 2.45) is 5.92 Å². The second-order valence-electron chi connectivity index (χ2n) is 8.24. The molecule has 1 amide bonds. The summed E-state index contributed by atoms with van der Waals surface area (Å²) in [6.07, 6.45) is 5.48. The van der Waals surface area contributed by atoms with Crippen LogP contribution in [0, 0.1) is 5.92 Å². The van der Waals surface area contributed by atoms with E-state index in [-0.39, 0.29) is 11.8 Å². The first-order chi connectivity index (χ1) is 15.7. The van der Waals surface area contributed by atoms with Gasteiger partial charge in [0.05, 0.1) is 18.1 Å². The molecule has 0 bridgehead atoms. The Balaban J connectivity index is 1.13. The van der Waals surface area contributed by atoms with Gasteiger partial charge in [-0.05, 0) is 62.1 Å². The molecule has 5 rings (SSSR count). The number of amides is 1. The van der Waals surface area contributed by atoms with Crippen LogP contribution in [-0.4, -0.2) is 39.0 Å². The van der Waals surface area contributed by atoms with Crippen LogP contribution in [0.3, 0.4) is 0 Å².